The van der Waals surface area contributed by atoms with Crippen molar-refractivity contribution in [3.8, 4) is 0 Å². The molecule has 0 saturated heterocycles. The van der Waals surface area contributed by atoms with Crippen LogP contribution in [0.5, 0.6) is 0 Å². The van der Waals surface area contributed by atoms with Crippen LogP contribution < -0.4 is 16.6 Å². The Labute approximate surface area is 105 Å². The van der Waals surface area contributed by atoms with Crippen LogP contribution in [0.1, 0.15) is 11.6 Å². The molecule has 5 heteroatoms. The number of nitrogens with one attached hydrogen (secondary N) is 1. The normalized spacial score (nSPS) is 12.1. The second kappa shape index (κ2) is 5.46. The van der Waals surface area contributed by atoms with Crippen LogP contribution in [0, 0.1) is 0 Å². The molecule has 0 spiro atoms. The maximum absolute atomic E-state index is 11.8. The lowest BCUT2D eigenvalue weighted by atomic mass is 10.1. The highest BCUT2D eigenvalue weighted by atomic mass is 16.1. The average Bonchev–Trinajstić information content (AvgIpc) is 2.41. The van der Waals surface area contributed by atoms with Crippen LogP contribution in [0.3, 0.4) is 0 Å². The molecule has 2 aromatic rings. The summed E-state index contributed by atoms with van der Waals surface area (Å²) in [5, 5.41) is 3.08. The first kappa shape index (κ1) is 12.3. The summed E-state index contributed by atoms with van der Waals surface area (Å²) in [7, 11) is 1.69. The van der Waals surface area contributed by atoms with E-state index in [2.05, 4.69) is 10.3 Å². The Morgan fingerprint density at radius 1 is 1.39 bits per heavy atom. The standard InChI is InChI=1S/C13H16N4O/c1-17-8-7-15-12(13(17)18)16-11(9-14)10-5-3-2-4-6-10/h2-8,11H,9,14H2,1H3,(H,15,16). The zero-order valence-electron chi connectivity index (χ0n) is 10.2. The monoisotopic (exact) mass is 244 g/mol. The minimum atomic E-state index is -0.160. The fourth-order valence-electron chi connectivity index (χ4n) is 1.73. The highest BCUT2D eigenvalue weighted by Crippen LogP contribution is 2.14. The van der Waals surface area contributed by atoms with Crippen LogP contribution in [-0.2, 0) is 7.05 Å². The van der Waals surface area contributed by atoms with Crippen LogP contribution in [0.4, 0.5) is 5.82 Å². The van der Waals surface area contributed by atoms with Gasteiger partial charge in [0.05, 0.1) is 6.04 Å². The van der Waals surface area contributed by atoms with E-state index in [9.17, 15) is 4.79 Å². The molecule has 1 aromatic heterocycles. The molecular weight excluding hydrogens is 228 g/mol. The Hall–Kier alpha value is -2.14. The minimum Gasteiger partial charge on any atom is -0.357 e. The fourth-order valence-corrected chi connectivity index (χ4v) is 1.73. The number of nitrogens with two attached hydrogens (primary N) is 1. The first-order valence-electron chi connectivity index (χ1n) is 5.75. The third-order valence-corrected chi connectivity index (χ3v) is 2.77. The van der Waals surface area contributed by atoms with Gasteiger partial charge >= 0.3 is 0 Å². The van der Waals surface area contributed by atoms with Crippen molar-refractivity contribution >= 4 is 5.82 Å². The molecule has 0 aliphatic carbocycles. The number of rotatable bonds is 4. The smallest absolute Gasteiger partial charge is 0.293 e. The zero-order chi connectivity index (χ0) is 13.0. The van der Waals surface area contributed by atoms with Gasteiger partial charge < -0.3 is 15.6 Å². The van der Waals surface area contributed by atoms with Gasteiger partial charge in [-0.1, -0.05) is 30.3 Å². The SMILES string of the molecule is Cn1ccnc(NC(CN)c2ccccc2)c1=O. The molecule has 94 valence electrons. The average molecular weight is 244 g/mol. The molecule has 0 aliphatic heterocycles. The van der Waals surface area contributed by atoms with Crippen LogP contribution >= 0.6 is 0 Å². The maximum atomic E-state index is 11.8. The van der Waals surface area contributed by atoms with E-state index in [1.165, 1.54) is 4.57 Å². The molecule has 1 atom stereocenters. The van der Waals surface area contributed by atoms with E-state index in [4.69, 9.17) is 5.73 Å². The molecule has 0 amide bonds. The van der Waals surface area contributed by atoms with E-state index >= 15 is 0 Å². The number of benzene rings is 1. The predicted molar refractivity (Wildman–Crippen MR) is 71.3 cm³/mol. The van der Waals surface area contributed by atoms with Crippen molar-refractivity contribution in [3.05, 3.63) is 58.6 Å². The summed E-state index contributed by atoms with van der Waals surface area (Å²) in [5.74, 6) is 0.319. The summed E-state index contributed by atoms with van der Waals surface area (Å²) in [6.45, 7) is 0.393. The van der Waals surface area contributed by atoms with E-state index in [0.29, 0.717) is 12.4 Å². The predicted octanol–water partition coefficient (Wildman–Crippen LogP) is 0.892. The number of anilines is 1. The zero-order valence-corrected chi connectivity index (χ0v) is 10.2. The third-order valence-electron chi connectivity index (χ3n) is 2.77. The van der Waals surface area contributed by atoms with Crippen LogP contribution in [-0.4, -0.2) is 16.1 Å². The highest BCUT2D eigenvalue weighted by Gasteiger charge is 2.11. The lowest BCUT2D eigenvalue weighted by Gasteiger charge is -2.17. The summed E-state index contributed by atoms with van der Waals surface area (Å²) >= 11 is 0. The lowest BCUT2D eigenvalue weighted by molar-refractivity contribution is 0.766. The summed E-state index contributed by atoms with van der Waals surface area (Å²) in [6.07, 6.45) is 3.20. The Morgan fingerprint density at radius 3 is 2.78 bits per heavy atom. The van der Waals surface area contributed by atoms with Crippen molar-refractivity contribution < 1.29 is 0 Å². The molecule has 2 rings (SSSR count). The third kappa shape index (κ3) is 2.57. The van der Waals surface area contributed by atoms with Gasteiger partial charge in [-0.3, -0.25) is 4.79 Å². The van der Waals surface area contributed by atoms with E-state index in [1.54, 1.807) is 19.4 Å². The van der Waals surface area contributed by atoms with E-state index in [0.717, 1.165) is 5.56 Å². The Balaban J connectivity index is 2.27. The summed E-state index contributed by atoms with van der Waals surface area (Å²) in [5.41, 5.74) is 6.62. The van der Waals surface area contributed by atoms with Gasteiger partial charge in [0, 0.05) is 26.0 Å². The van der Waals surface area contributed by atoms with Crippen molar-refractivity contribution in [1.82, 2.24) is 9.55 Å². The van der Waals surface area contributed by atoms with Crippen molar-refractivity contribution in [2.75, 3.05) is 11.9 Å². The molecule has 0 radical (unpaired) electrons. The number of hydrogen-bond donors (Lipinski definition) is 2. The van der Waals surface area contributed by atoms with Crippen molar-refractivity contribution in [2.45, 2.75) is 6.04 Å². The number of nitrogens with zero attached hydrogens (tertiary/aromatic N) is 2. The van der Waals surface area contributed by atoms with Gasteiger partial charge in [0.25, 0.3) is 5.56 Å². The van der Waals surface area contributed by atoms with Crippen molar-refractivity contribution in [3.63, 3.8) is 0 Å². The highest BCUT2D eigenvalue weighted by molar-refractivity contribution is 5.36. The molecule has 1 aromatic carbocycles. The minimum absolute atomic E-state index is 0.117. The Morgan fingerprint density at radius 2 is 2.11 bits per heavy atom. The van der Waals surface area contributed by atoms with E-state index in [1.807, 2.05) is 30.3 Å². The van der Waals surface area contributed by atoms with Crippen molar-refractivity contribution in [1.29, 1.82) is 0 Å². The number of hydrogen-bond acceptors (Lipinski definition) is 4. The van der Waals surface area contributed by atoms with E-state index in [-0.39, 0.29) is 11.6 Å². The molecule has 5 nitrogen and oxygen atoms in total. The largest absolute Gasteiger partial charge is 0.357 e. The van der Waals surface area contributed by atoms with E-state index < -0.39 is 0 Å². The molecule has 0 saturated carbocycles. The Bertz CT molecular complexity index is 565. The Kier molecular flexibility index (Phi) is 3.74. The van der Waals surface area contributed by atoms with Crippen LogP contribution in [0.25, 0.3) is 0 Å². The molecular formula is C13H16N4O. The van der Waals surface area contributed by atoms with Gasteiger partial charge in [-0.15, -0.1) is 0 Å². The van der Waals surface area contributed by atoms with Crippen LogP contribution in [0.2, 0.25) is 0 Å². The molecule has 1 unspecified atom stereocenters. The maximum Gasteiger partial charge on any atom is 0.293 e. The molecule has 0 fully saturated rings. The molecule has 3 N–H and O–H groups in total. The van der Waals surface area contributed by atoms with Crippen LogP contribution in [0.15, 0.2) is 47.5 Å². The molecule has 0 bridgehead atoms. The fraction of sp³-hybridized carbons (Fsp3) is 0.231. The van der Waals surface area contributed by atoms with Gasteiger partial charge in [0.15, 0.2) is 5.82 Å². The topological polar surface area (TPSA) is 72.9 Å². The lowest BCUT2D eigenvalue weighted by Crippen LogP contribution is -2.27. The summed E-state index contributed by atoms with van der Waals surface area (Å²) < 4.78 is 1.48. The van der Waals surface area contributed by atoms with Crippen molar-refractivity contribution in [2.24, 2.45) is 12.8 Å². The quantitative estimate of drug-likeness (QED) is 0.837. The van der Waals surface area contributed by atoms with Gasteiger partial charge in [-0.2, -0.15) is 0 Å². The summed E-state index contributed by atoms with van der Waals surface area (Å²) in [4.78, 5) is 15.9. The second-order valence-corrected chi connectivity index (χ2v) is 4.04. The molecule has 1 heterocycles. The summed E-state index contributed by atoms with van der Waals surface area (Å²) in [6, 6.07) is 9.65. The molecule has 18 heavy (non-hydrogen) atoms. The first-order valence-corrected chi connectivity index (χ1v) is 5.75. The second-order valence-electron chi connectivity index (χ2n) is 4.04. The first-order chi connectivity index (χ1) is 8.72. The molecule has 0 aliphatic rings. The van der Waals surface area contributed by atoms with Gasteiger partial charge in [0.2, 0.25) is 0 Å². The van der Waals surface area contributed by atoms with Gasteiger partial charge in [-0.25, -0.2) is 4.98 Å². The number of aromatic nitrogens is 2. The number of aryl methyl sites for hydroxylation is 1. The van der Waals surface area contributed by atoms with Gasteiger partial charge in [-0.05, 0) is 5.56 Å². The van der Waals surface area contributed by atoms with Gasteiger partial charge in [0.1, 0.15) is 0 Å².